The van der Waals surface area contributed by atoms with Crippen molar-refractivity contribution in [1.29, 1.82) is 0 Å². The summed E-state index contributed by atoms with van der Waals surface area (Å²) in [4.78, 5) is 13.7. The minimum absolute atomic E-state index is 0.0809. The molecule has 1 aromatic carbocycles. The quantitative estimate of drug-likeness (QED) is 0.771. The van der Waals surface area contributed by atoms with Crippen LogP contribution in [0.25, 0.3) is 0 Å². The van der Waals surface area contributed by atoms with Crippen LogP contribution in [0.5, 0.6) is 0 Å². The highest BCUT2D eigenvalue weighted by Gasteiger charge is 2.20. The standard InChI is InChI=1S/C13H18FNO/c1-5-15(9(2)3)13(16)11-8-6-7-10(4)12(11)14/h6-9H,5H2,1-4H3. The first kappa shape index (κ1) is 12.7. The highest BCUT2D eigenvalue weighted by atomic mass is 19.1. The van der Waals surface area contributed by atoms with Gasteiger partial charge in [-0.1, -0.05) is 12.1 Å². The highest BCUT2D eigenvalue weighted by Crippen LogP contribution is 2.15. The summed E-state index contributed by atoms with van der Waals surface area (Å²) >= 11 is 0. The van der Waals surface area contributed by atoms with Gasteiger partial charge in [0.1, 0.15) is 5.82 Å². The van der Waals surface area contributed by atoms with Gasteiger partial charge in [-0.15, -0.1) is 0 Å². The summed E-state index contributed by atoms with van der Waals surface area (Å²) in [5.74, 6) is -0.648. The molecular weight excluding hydrogens is 205 g/mol. The van der Waals surface area contributed by atoms with Crippen LogP contribution in [0.3, 0.4) is 0 Å². The normalized spacial score (nSPS) is 10.6. The van der Waals surface area contributed by atoms with E-state index in [1.807, 2.05) is 20.8 Å². The van der Waals surface area contributed by atoms with Gasteiger partial charge < -0.3 is 4.90 Å². The van der Waals surface area contributed by atoms with E-state index in [9.17, 15) is 9.18 Å². The van der Waals surface area contributed by atoms with Crippen molar-refractivity contribution < 1.29 is 9.18 Å². The van der Waals surface area contributed by atoms with Gasteiger partial charge in [-0.3, -0.25) is 4.79 Å². The summed E-state index contributed by atoms with van der Waals surface area (Å²) in [7, 11) is 0. The lowest BCUT2D eigenvalue weighted by Crippen LogP contribution is -2.37. The molecule has 0 atom stereocenters. The lowest BCUT2D eigenvalue weighted by Gasteiger charge is -2.25. The fourth-order valence-electron chi connectivity index (χ4n) is 1.71. The van der Waals surface area contributed by atoms with Crippen molar-refractivity contribution in [3.8, 4) is 0 Å². The van der Waals surface area contributed by atoms with E-state index in [0.29, 0.717) is 12.1 Å². The van der Waals surface area contributed by atoms with Gasteiger partial charge in [-0.25, -0.2) is 4.39 Å². The van der Waals surface area contributed by atoms with Gasteiger partial charge in [0, 0.05) is 12.6 Å². The molecule has 0 radical (unpaired) electrons. The first-order valence-corrected chi connectivity index (χ1v) is 5.55. The summed E-state index contributed by atoms with van der Waals surface area (Å²) < 4.78 is 13.8. The lowest BCUT2D eigenvalue weighted by atomic mass is 10.1. The van der Waals surface area contributed by atoms with Gasteiger partial charge in [0.15, 0.2) is 0 Å². The molecule has 0 heterocycles. The van der Waals surface area contributed by atoms with Crippen LogP contribution >= 0.6 is 0 Å². The number of rotatable bonds is 3. The molecule has 2 nitrogen and oxygen atoms in total. The van der Waals surface area contributed by atoms with Crippen molar-refractivity contribution in [2.75, 3.05) is 6.54 Å². The first-order valence-electron chi connectivity index (χ1n) is 5.55. The monoisotopic (exact) mass is 223 g/mol. The number of amides is 1. The molecule has 0 unspecified atom stereocenters. The predicted octanol–water partition coefficient (Wildman–Crippen LogP) is 3.00. The minimum Gasteiger partial charge on any atom is -0.336 e. The van der Waals surface area contributed by atoms with E-state index in [0.717, 1.165) is 0 Å². The van der Waals surface area contributed by atoms with Crippen LogP contribution in [0.15, 0.2) is 18.2 Å². The summed E-state index contributed by atoms with van der Waals surface area (Å²) in [6.45, 7) is 8.00. The Labute approximate surface area is 96.1 Å². The fraction of sp³-hybridized carbons (Fsp3) is 0.462. The fourth-order valence-corrected chi connectivity index (χ4v) is 1.71. The Bertz CT molecular complexity index is 388. The maximum atomic E-state index is 13.8. The van der Waals surface area contributed by atoms with Crippen LogP contribution < -0.4 is 0 Å². The Kier molecular flexibility index (Phi) is 4.05. The molecule has 0 spiro atoms. The molecule has 1 aromatic rings. The van der Waals surface area contributed by atoms with E-state index in [1.54, 1.807) is 24.0 Å². The minimum atomic E-state index is -0.411. The van der Waals surface area contributed by atoms with Crippen LogP contribution in [0.4, 0.5) is 4.39 Å². The molecule has 16 heavy (non-hydrogen) atoms. The molecule has 0 N–H and O–H groups in total. The number of carbonyl (C=O) groups excluding carboxylic acids is 1. The molecule has 1 amide bonds. The van der Waals surface area contributed by atoms with E-state index in [1.165, 1.54) is 6.07 Å². The zero-order chi connectivity index (χ0) is 12.3. The molecule has 1 rings (SSSR count). The van der Waals surface area contributed by atoms with Gasteiger partial charge >= 0.3 is 0 Å². The summed E-state index contributed by atoms with van der Waals surface area (Å²) in [5.41, 5.74) is 0.668. The molecule has 0 aliphatic carbocycles. The van der Waals surface area contributed by atoms with Gasteiger partial charge in [0.25, 0.3) is 5.91 Å². The maximum Gasteiger partial charge on any atom is 0.257 e. The molecule has 0 saturated carbocycles. The zero-order valence-electron chi connectivity index (χ0n) is 10.2. The van der Waals surface area contributed by atoms with Crippen LogP contribution in [0.1, 0.15) is 36.7 Å². The second-order valence-electron chi connectivity index (χ2n) is 4.12. The number of nitrogens with zero attached hydrogens (tertiary/aromatic N) is 1. The van der Waals surface area contributed by atoms with Crippen molar-refractivity contribution in [2.45, 2.75) is 33.7 Å². The van der Waals surface area contributed by atoms with Crippen LogP contribution in [-0.4, -0.2) is 23.4 Å². The molecule has 0 saturated heterocycles. The highest BCUT2D eigenvalue weighted by molar-refractivity contribution is 5.94. The number of benzene rings is 1. The lowest BCUT2D eigenvalue weighted by molar-refractivity contribution is 0.0712. The zero-order valence-corrected chi connectivity index (χ0v) is 10.2. The molecule has 0 aromatic heterocycles. The van der Waals surface area contributed by atoms with E-state index < -0.39 is 5.82 Å². The smallest absolute Gasteiger partial charge is 0.257 e. The van der Waals surface area contributed by atoms with Crippen molar-refractivity contribution in [2.24, 2.45) is 0 Å². The van der Waals surface area contributed by atoms with Gasteiger partial charge in [0.05, 0.1) is 5.56 Å². The van der Waals surface area contributed by atoms with E-state index in [-0.39, 0.29) is 17.5 Å². The first-order chi connectivity index (χ1) is 7.49. The van der Waals surface area contributed by atoms with Gasteiger partial charge in [0.2, 0.25) is 0 Å². The van der Waals surface area contributed by atoms with E-state index in [4.69, 9.17) is 0 Å². The molecule has 3 heteroatoms. The van der Waals surface area contributed by atoms with Crippen LogP contribution in [-0.2, 0) is 0 Å². The van der Waals surface area contributed by atoms with Crippen LogP contribution in [0.2, 0.25) is 0 Å². The Morgan fingerprint density at radius 2 is 2.06 bits per heavy atom. The number of halogens is 1. The number of carbonyl (C=O) groups is 1. The Morgan fingerprint density at radius 1 is 1.44 bits per heavy atom. The third-order valence-electron chi connectivity index (χ3n) is 2.65. The topological polar surface area (TPSA) is 20.3 Å². The number of aryl methyl sites for hydroxylation is 1. The van der Waals surface area contributed by atoms with E-state index >= 15 is 0 Å². The Hall–Kier alpha value is -1.38. The molecule has 0 aliphatic heterocycles. The Balaban J connectivity index is 3.09. The SMILES string of the molecule is CCN(C(=O)c1cccc(C)c1F)C(C)C. The maximum absolute atomic E-state index is 13.8. The second-order valence-corrected chi connectivity index (χ2v) is 4.12. The second kappa shape index (κ2) is 5.10. The molecule has 0 aliphatic rings. The third-order valence-corrected chi connectivity index (χ3v) is 2.65. The number of hydrogen-bond acceptors (Lipinski definition) is 1. The Morgan fingerprint density at radius 3 is 2.56 bits per heavy atom. The summed E-state index contributed by atoms with van der Waals surface area (Å²) in [5, 5.41) is 0. The van der Waals surface area contributed by atoms with Crippen molar-refractivity contribution in [1.82, 2.24) is 4.90 Å². The van der Waals surface area contributed by atoms with Gasteiger partial charge in [-0.2, -0.15) is 0 Å². The van der Waals surface area contributed by atoms with Crippen molar-refractivity contribution in [3.63, 3.8) is 0 Å². The third kappa shape index (κ3) is 2.40. The number of hydrogen-bond donors (Lipinski definition) is 0. The average molecular weight is 223 g/mol. The summed E-state index contributed by atoms with van der Waals surface area (Å²) in [6, 6.07) is 4.99. The molecule has 0 fully saturated rings. The molecule has 0 bridgehead atoms. The average Bonchev–Trinajstić information content (AvgIpc) is 2.22. The molecule has 88 valence electrons. The van der Waals surface area contributed by atoms with Crippen molar-refractivity contribution in [3.05, 3.63) is 35.1 Å². The van der Waals surface area contributed by atoms with E-state index in [2.05, 4.69) is 0 Å². The predicted molar refractivity (Wildman–Crippen MR) is 63.0 cm³/mol. The van der Waals surface area contributed by atoms with Crippen molar-refractivity contribution >= 4 is 5.91 Å². The molecular formula is C13H18FNO. The summed E-state index contributed by atoms with van der Waals surface area (Å²) in [6.07, 6.45) is 0. The van der Waals surface area contributed by atoms with Crippen LogP contribution in [0, 0.1) is 12.7 Å². The van der Waals surface area contributed by atoms with Gasteiger partial charge in [-0.05, 0) is 39.3 Å². The largest absolute Gasteiger partial charge is 0.336 e.